The summed E-state index contributed by atoms with van der Waals surface area (Å²) in [7, 11) is -1.93. The van der Waals surface area contributed by atoms with Gasteiger partial charge in [0, 0.05) is 13.6 Å². The van der Waals surface area contributed by atoms with Gasteiger partial charge < -0.3 is 9.84 Å². The van der Waals surface area contributed by atoms with E-state index in [2.05, 4.69) is 10.3 Å². The molecule has 5 rings (SSSR count). The van der Waals surface area contributed by atoms with Crippen LogP contribution < -0.4 is 4.74 Å². The van der Waals surface area contributed by atoms with Crippen molar-refractivity contribution in [1.82, 2.24) is 19.3 Å². The van der Waals surface area contributed by atoms with E-state index in [-0.39, 0.29) is 24.1 Å². The molecule has 188 valence electrons. The van der Waals surface area contributed by atoms with Crippen molar-refractivity contribution < 1.29 is 18.3 Å². The Labute approximate surface area is 211 Å². The summed E-state index contributed by atoms with van der Waals surface area (Å²) < 4.78 is 36.4. The maximum Gasteiger partial charge on any atom is 0.247 e. The van der Waals surface area contributed by atoms with Gasteiger partial charge in [-0.05, 0) is 66.3 Å². The Morgan fingerprint density at radius 3 is 2.69 bits per heavy atom. The van der Waals surface area contributed by atoms with Gasteiger partial charge in [0.2, 0.25) is 10.0 Å². The second-order valence-electron chi connectivity index (χ2n) is 9.34. The van der Waals surface area contributed by atoms with Crippen LogP contribution in [0.3, 0.4) is 0 Å². The average molecular weight is 507 g/mol. The van der Waals surface area contributed by atoms with Crippen LogP contribution in [0.15, 0.2) is 59.5 Å². The number of hydrogen-bond donors (Lipinski definition) is 1. The van der Waals surface area contributed by atoms with Crippen LogP contribution in [0.4, 0.5) is 0 Å². The summed E-state index contributed by atoms with van der Waals surface area (Å²) in [6, 6.07) is 16.3. The number of aliphatic hydroxyl groups excluding tert-OH is 1. The highest BCUT2D eigenvalue weighted by Gasteiger charge is 2.34. The molecule has 8 nitrogen and oxygen atoms in total. The number of fused-ring (bicyclic) bond motifs is 2. The third-order valence-corrected chi connectivity index (χ3v) is 8.88. The summed E-state index contributed by atoms with van der Waals surface area (Å²) in [4.78, 5) is 0.183. The quantitative estimate of drug-likeness (QED) is 0.439. The molecule has 0 amide bonds. The monoisotopic (exact) mass is 506 g/mol. The van der Waals surface area contributed by atoms with Crippen LogP contribution in [0, 0.1) is 13.8 Å². The van der Waals surface area contributed by atoms with Crippen molar-refractivity contribution in [1.29, 1.82) is 0 Å². The lowest BCUT2D eigenvalue weighted by molar-refractivity contribution is 0.168. The first-order valence-electron chi connectivity index (χ1n) is 12.0. The maximum absolute atomic E-state index is 13.6. The number of hydrogen-bond acceptors (Lipinski definition) is 6. The number of aliphatic hydroxyl groups is 1. The van der Waals surface area contributed by atoms with E-state index in [1.165, 1.54) is 4.31 Å². The predicted molar refractivity (Wildman–Crippen MR) is 137 cm³/mol. The minimum Gasteiger partial charge on any atom is -0.488 e. The van der Waals surface area contributed by atoms with E-state index in [4.69, 9.17) is 4.74 Å². The van der Waals surface area contributed by atoms with E-state index in [9.17, 15) is 13.5 Å². The minimum atomic E-state index is -3.76. The van der Waals surface area contributed by atoms with Gasteiger partial charge >= 0.3 is 0 Å². The van der Waals surface area contributed by atoms with Crippen LogP contribution in [0.2, 0.25) is 0 Å². The number of ether oxygens (including phenoxy) is 1. The number of sulfonamides is 1. The molecule has 1 aliphatic rings. The van der Waals surface area contributed by atoms with E-state index in [1.807, 2.05) is 58.2 Å². The average Bonchev–Trinajstić information content (AvgIpc) is 3.20. The minimum absolute atomic E-state index is 0.183. The molecule has 1 N–H and O–H groups in total. The Bertz CT molecular complexity index is 1550. The number of aryl methyl sites for hydroxylation is 3. The Kier molecular flexibility index (Phi) is 6.32. The summed E-state index contributed by atoms with van der Waals surface area (Å²) in [6.45, 7) is 6.31. The molecule has 0 fully saturated rings. The Morgan fingerprint density at radius 1 is 1.14 bits per heavy atom. The molecule has 2 unspecified atom stereocenters. The van der Waals surface area contributed by atoms with Crippen molar-refractivity contribution >= 4 is 21.1 Å². The molecule has 36 heavy (non-hydrogen) atoms. The van der Waals surface area contributed by atoms with Crippen LogP contribution >= 0.6 is 0 Å². The molecule has 2 heterocycles. The molecule has 0 spiro atoms. The molecule has 0 saturated heterocycles. The Hall–Kier alpha value is -3.27. The lowest BCUT2D eigenvalue weighted by atomic mass is 9.94. The summed E-state index contributed by atoms with van der Waals surface area (Å²) in [6.07, 6.45) is -0.454. The highest BCUT2D eigenvalue weighted by atomic mass is 32.2. The van der Waals surface area contributed by atoms with Gasteiger partial charge in [-0.25, -0.2) is 13.1 Å². The smallest absolute Gasteiger partial charge is 0.247 e. The third-order valence-electron chi connectivity index (χ3n) is 7.03. The van der Waals surface area contributed by atoms with Crippen LogP contribution in [0.5, 0.6) is 5.75 Å². The zero-order valence-electron chi connectivity index (χ0n) is 20.8. The summed E-state index contributed by atoms with van der Waals surface area (Å²) in [5.74, 6) is 0.391. The van der Waals surface area contributed by atoms with Gasteiger partial charge in [0.25, 0.3) is 0 Å². The van der Waals surface area contributed by atoms with E-state index in [0.29, 0.717) is 17.7 Å². The number of aromatic nitrogens is 3. The first-order chi connectivity index (χ1) is 17.2. The first-order valence-corrected chi connectivity index (χ1v) is 13.5. The van der Waals surface area contributed by atoms with Crippen LogP contribution in [0.25, 0.3) is 11.0 Å². The fourth-order valence-corrected chi connectivity index (χ4v) is 6.32. The van der Waals surface area contributed by atoms with Gasteiger partial charge in [-0.2, -0.15) is 4.31 Å². The molecule has 0 saturated carbocycles. The molecule has 0 radical (unpaired) electrons. The van der Waals surface area contributed by atoms with Gasteiger partial charge in [-0.3, -0.25) is 0 Å². The van der Waals surface area contributed by atoms with Gasteiger partial charge in [0.15, 0.2) is 0 Å². The zero-order chi connectivity index (χ0) is 25.6. The second-order valence-corrected chi connectivity index (χ2v) is 11.2. The van der Waals surface area contributed by atoms with E-state index < -0.39 is 16.1 Å². The summed E-state index contributed by atoms with van der Waals surface area (Å²) >= 11 is 0. The van der Waals surface area contributed by atoms with Gasteiger partial charge in [0.05, 0.1) is 12.1 Å². The van der Waals surface area contributed by atoms with E-state index in [0.717, 1.165) is 33.3 Å². The highest BCUT2D eigenvalue weighted by molar-refractivity contribution is 7.89. The largest absolute Gasteiger partial charge is 0.488 e. The van der Waals surface area contributed by atoms with Crippen molar-refractivity contribution in [3.63, 3.8) is 0 Å². The maximum atomic E-state index is 13.6. The normalized spacial score (nSPS) is 18.4. The number of rotatable bonds is 5. The second kappa shape index (κ2) is 9.31. The SMILES string of the molecule is CCC1CN(Cc2cc(C(O)c3ccc4c(nnn4C)c3C)ccc2C)S(=O)(=O)c2ccccc2O1. The van der Waals surface area contributed by atoms with Crippen LogP contribution in [0.1, 0.15) is 47.3 Å². The van der Waals surface area contributed by atoms with Gasteiger partial charge in [-0.1, -0.05) is 48.5 Å². The molecule has 9 heteroatoms. The molecular formula is C27H30N4O4S. The van der Waals surface area contributed by atoms with E-state index >= 15 is 0 Å². The fourth-order valence-electron chi connectivity index (χ4n) is 4.75. The third kappa shape index (κ3) is 4.17. The van der Waals surface area contributed by atoms with Crippen LogP contribution in [-0.2, 0) is 23.6 Å². The fraction of sp³-hybridized carbons (Fsp3) is 0.333. The zero-order valence-corrected chi connectivity index (χ0v) is 21.7. The van der Waals surface area contributed by atoms with Crippen molar-refractivity contribution in [2.24, 2.45) is 7.05 Å². The number of para-hydroxylation sites is 1. The topological polar surface area (TPSA) is 97.5 Å². The van der Waals surface area contributed by atoms with Crippen molar-refractivity contribution in [3.8, 4) is 5.75 Å². The highest BCUT2D eigenvalue weighted by Crippen LogP contribution is 2.34. The lowest BCUT2D eigenvalue weighted by Gasteiger charge is -2.24. The van der Waals surface area contributed by atoms with Crippen molar-refractivity contribution in [2.45, 2.75) is 50.8 Å². The molecular weight excluding hydrogens is 476 g/mol. The van der Waals surface area contributed by atoms with Gasteiger partial charge in [0.1, 0.15) is 28.4 Å². The van der Waals surface area contributed by atoms with Crippen LogP contribution in [-0.4, -0.2) is 45.5 Å². The molecule has 1 aromatic heterocycles. The number of nitrogens with zero attached hydrogens (tertiary/aromatic N) is 4. The van der Waals surface area contributed by atoms with E-state index in [1.54, 1.807) is 28.9 Å². The van der Waals surface area contributed by atoms with Crippen molar-refractivity contribution in [3.05, 3.63) is 82.4 Å². The Morgan fingerprint density at radius 2 is 1.92 bits per heavy atom. The lowest BCUT2D eigenvalue weighted by Crippen LogP contribution is -2.36. The first kappa shape index (κ1) is 24.4. The predicted octanol–water partition coefficient (Wildman–Crippen LogP) is 4.03. The molecule has 4 aromatic rings. The van der Waals surface area contributed by atoms with Gasteiger partial charge in [-0.15, -0.1) is 5.10 Å². The van der Waals surface area contributed by atoms with Crippen molar-refractivity contribution in [2.75, 3.05) is 6.54 Å². The summed E-state index contributed by atoms with van der Waals surface area (Å²) in [5, 5.41) is 19.6. The number of benzene rings is 3. The standard InChI is InChI=1S/C27H30N4O4S/c1-5-21-16-31(36(33,34)25-9-7-6-8-24(25)35-21)15-20-14-19(11-10-17(20)2)27(32)22-12-13-23-26(18(22)3)28-29-30(23)4/h6-14,21,27,32H,5,15-16H2,1-4H3. The molecule has 2 atom stereocenters. The molecule has 1 aliphatic heterocycles. The molecule has 0 aliphatic carbocycles. The molecule has 3 aromatic carbocycles. The Balaban J connectivity index is 1.50. The molecule has 0 bridgehead atoms. The summed E-state index contributed by atoms with van der Waals surface area (Å²) in [5.41, 5.74) is 5.74.